The van der Waals surface area contributed by atoms with Crippen LogP contribution < -0.4 is 5.32 Å². The summed E-state index contributed by atoms with van der Waals surface area (Å²) in [5.74, 6) is 0. The molecule has 1 N–H and O–H groups in total. The summed E-state index contributed by atoms with van der Waals surface area (Å²) >= 11 is 12.4. The maximum absolute atomic E-state index is 6.36. The number of rotatable bonds is 3. The third-order valence-electron chi connectivity index (χ3n) is 3.80. The van der Waals surface area contributed by atoms with Gasteiger partial charge in [-0.05, 0) is 35.7 Å². The van der Waals surface area contributed by atoms with Crippen LogP contribution in [-0.2, 0) is 11.8 Å². The lowest BCUT2D eigenvalue weighted by atomic mass is 9.71. The summed E-state index contributed by atoms with van der Waals surface area (Å²) in [5.41, 5.74) is 2.59. The average Bonchev–Trinajstić information content (AvgIpc) is 2.35. The van der Waals surface area contributed by atoms with Crippen molar-refractivity contribution in [1.82, 2.24) is 5.32 Å². The number of hydrogen-bond donors (Lipinski definition) is 1. The molecule has 1 heterocycles. The molecule has 0 saturated carbocycles. The van der Waals surface area contributed by atoms with Crippen molar-refractivity contribution in [3.05, 3.63) is 69.7 Å². The third-order valence-corrected chi connectivity index (χ3v) is 4.37. The van der Waals surface area contributed by atoms with Crippen LogP contribution in [0.15, 0.2) is 48.5 Å². The summed E-state index contributed by atoms with van der Waals surface area (Å²) in [6, 6.07) is 16.2. The second kappa shape index (κ2) is 5.16. The third kappa shape index (κ3) is 2.51. The van der Waals surface area contributed by atoms with Crippen molar-refractivity contribution in [2.45, 2.75) is 11.8 Å². The Labute approximate surface area is 123 Å². The first kappa shape index (κ1) is 13.0. The molecule has 19 heavy (non-hydrogen) atoms. The Balaban J connectivity index is 1.94. The Morgan fingerprint density at radius 2 is 1.79 bits per heavy atom. The molecule has 1 saturated heterocycles. The number of nitrogens with one attached hydrogen (secondary N) is 1. The van der Waals surface area contributed by atoms with Crippen LogP contribution in [0.5, 0.6) is 0 Å². The molecule has 0 aliphatic carbocycles. The highest BCUT2D eigenvalue weighted by molar-refractivity contribution is 6.31. The number of hydrogen-bond acceptors (Lipinski definition) is 1. The lowest BCUT2D eigenvalue weighted by Crippen LogP contribution is -2.58. The van der Waals surface area contributed by atoms with E-state index in [2.05, 4.69) is 23.5 Å². The second-order valence-electron chi connectivity index (χ2n) is 5.17. The summed E-state index contributed by atoms with van der Waals surface area (Å²) < 4.78 is 0. The Hall–Kier alpha value is -1.02. The van der Waals surface area contributed by atoms with Crippen LogP contribution in [0, 0.1) is 0 Å². The molecule has 1 aliphatic rings. The van der Waals surface area contributed by atoms with E-state index in [1.807, 2.05) is 30.3 Å². The van der Waals surface area contributed by atoms with Gasteiger partial charge in [0.05, 0.1) is 0 Å². The van der Waals surface area contributed by atoms with Crippen molar-refractivity contribution in [2.24, 2.45) is 0 Å². The molecular formula is C16H15Cl2N. The molecule has 3 rings (SSSR count). The predicted octanol–water partition coefficient (Wildman–Crippen LogP) is 4.08. The molecule has 0 aromatic heterocycles. The first-order valence-corrected chi connectivity index (χ1v) is 7.15. The van der Waals surface area contributed by atoms with E-state index in [-0.39, 0.29) is 5.41 Å². The molecule has 0 radical (unpaired) electrons. The van der Waals surface area contributed by atoms with Crippen molar-refractivity contribution in [2.75, 3.05) is 13.1 Å². The molecule has 1 fully saturated rings. The van der Waals surface area contributed by atoms with E-state index in [1.165, 1.54) is 11.1 Å². The van der Waals surface area contributed by atoms with Gasteiger partial charge >= 0.3 is 0 Å². The monoisotopic (exact) mass is 291 g/mol. The molecule has 98 valence electrons. The maximum Gasteiger partial charge on any atom is 0.0444 e. The first-order chi connectivity index (χ1) is 9.20. The summed E-state index contributed by atoms with van der Waals surface area (Å²) in [5, 5.41) is 5.01. The molecular weight excluding hydrogens is 277 g/mol. The van der Waals surface area contributed by atoms with Gasteiger partial charge in [-0.25, -0.2) is 0 Å². The normalized spacial score (nSPS) is 16.9. The summed E-state index contributed by atoms with van der Waals surface area (Å²) in [6.45, 7) is 1.92. The molecule has 1 nitrogen and oxygen atoms in total. The molecule has 0 bridgehead atoms. The summed E-state index contributed by atoms with van der Waals surface area (Å²) in [7, 11) is 0. The lowest BCUT2D eigenvalue weighted by molar-refractivity contribution is 0.275. The van der Waals surface area contributed by atoms with E-state index in [1.54, 1.807) is 0 Å². The van der Waals surface area contributed by atoms with Crippen LogP contribution in [0.4, 0.5) is 0 Å². The van der Waals surface area contributed by atoms with Crippen LogP contribution in [0.2, 0.25) is 10.0 Å². The predicted molar refractivity (Wildman–Crippen MR) is 81.2 cm³/mol. The van der Waals surface area contributed by atoms with Gasteiger partial charge in [-0.1, -0.05) is 53.5 Å². The van der Waals surface area contributed by atoms with Gasteiger partial charge in [0.2, 0.25) is 0 Å². The zero-order valence-electron chi connectivity index (χ0n) is 10.5. The summed E-state index contributed by atoms with van der Waals surface area (Å²) in [6.07, 6.45) is 0.963. The highest BCUT2D eigenvalue weighted by Crippen LogP contribution is 2.36. The van der Waals surface area contributed by atoms with E-state index in [0.717, 1.165) is 29.6 Å². The van der Waals surface area contributed by atoms with Gasteiger partial charge in [-0.3, -0.25) is 0 Å². The Bertz CT molecular complexity index is 591. The minimum atomic E-state index is 0.100. The van der Waals surface area contributed by atoms with E-state index in [0.29, 0.717) is 0 Å². The Morgan fingerprint density at radius 1 is 1.00 bits per heavy atom. The van der Waals surface area contributed by atoms with Crippen molar-refractivity contribution < 1.29 is 0 Å². The van der Waals surface area contributed by atoms with Crippen molar-refractivity contribution in [3.8, 4) is 0 Å². The molecule has 0 spiro atoms. The smallest absolute Gasteiger partial charge is 0.0444 e. The van der Waals surface area contributed by atoms with Crippen molar-refractivity contribution >= 4 is 23.2 Å². The first-order valence-electron chi connectivity index (χ1n) is 6.40. The topological polar surface area (TPSA) is 12.0 Å². The fourth-order valence-electron chi connectivity index (χ4n) is 2.77. The lowest BCUT2D eigenvalue weighted by Gasteiger charge is -2.44. The van der Waals surface area contributed by atoms with Crippen molar-refractivity contribution in [3.63, 3.8) is 0 Å². The largest absolute Gasteiger partial charge is 0.315 e. The van der Waals surface area contributed by atoms with Crippen LogP contribution >= 0.6 is 23.2 Å². The maximum atomic E-state index is 6.36. The number of benzene rings is 2. The standard InChI is InChI=1S/C16H15Cl2N/c17-13-5-3-4-12(8-13)9-16(10-19-11-16)14-6-1-2-7-15(14)18/h1-8,19H,9-11H2. The Morgan fingerprint density at radius 3 is 2.42 bits per heavy atom. The zero-order chi connectivity index (χ0) is 13.3. The van der Waals surface area contributed by atoms with Crippen LogP contribution in [0.1, 0.15) is 11.1 Å². The second-order valence-corrected chi connectivity index (χ2v) is 6.01. The molecule has 3 heteroatoms. The van der Waals surface area contributed by atoms with E-state index in [4.69, 9.17) is 23.2 Å². The SMILES string of the molecule is Clc1cccc(CC2(c3ccccc3Cl)CNC2)c1. The summed E-state index contributed by atoms with van der Waals surface area (Å²) in [4.78, 5) is 0. The van der Waals surface area contributed by atoms with E-state index in [9.17, 15) is 0 Å². The highest BCUT2D eigenvalue weighted by Gasteiger charge is 2.39. The highest BCUT2D eigenvalue weighted by atomic mass is 35.5. The zero-order valence-corrected chi connectivity index (χ0v) is 12.0. The molecule has 0 unspecified atom stereocenters. The van der Waals surface area contributed by atoms with Crippen molar-refractivity contribution in [1.29, 1.82) is 0 Å². The minimum absolute atomic E-state index is 0.100. The fourth-order valence-corrected chi connectivity index (χ4v) is 3.32. The van der Waals surface area contributed by atoms with Gasteiger partial charge in [0, 0.05) is 28.5 Å². The molecule has 0 atom stereocenters. The molecule has 1 aliphatic heterocycles. The van der Waals surface area contributed by atoms with Crippen LogP contribution in [-0.4, -0.2) is 13.1 Å². The van der Waals surface area contributed by atoms with Gasteiger partial charge in [-0.15, -0.1) is 0 Å². The number of halogens is 2. The Kier molecular flexibility index (Phi) is 3.53. The molecule has 0 amide bonds. The minimum Gasteiger partial charge on any atom is -0.315 e. The van der Waals surface area contributed by atoms with Crippen LogP contribution in [0.25, 0.3) is 0 Å². The van der Waals surface area contributed by atoms with Gasteiger partial charge in [0.15, 0.2) is 0 Å². The van der Waals surface area contributed by atoms with E-state index < -0.39 is 0 Å². The van der Waals surface area contributed by atoms with Gasteiger partial charge in [0.1, 0.15) is 0 Å². The molecule has 2 aromatic rings. The van der Waals surface area contributed by atoms with Gasteiger partial charge < -0.3 is 5.32 Å². The average molecular weight is 292 g/mol. The van der Waals surface area contributed by atoms with Gasteiger partial charge in [0.25, 0.3) is 0 Å². The van der Waals surface area contributed by atoms with Gasteiger partial charge in [-0.2, -0.15) is 0 Å². The molecule has 2 aromatic carbocycles. The van der Waals surface area contributed by atoms with E-state index >= 15 is 0 Å². The van der Waals surface area contributed by atoms with Crippen LogP contribution in [0.3, 0.4) is 0 Å². The fraction of sp³-hybridized carbons (Fsp3) is 0.250. The quantitative estimate of drug-likeness (QED) is 0.899.